The summed E-state index contributed by atoms with van der Waals surface area (Å²) >= 11 is 0. The summed E-state index contributed by atoms with van der Waals surface area (Å²) in [5, 5.41) is 0. The first-order valence-corrected chi connectivity index (χ1v) is 8.46. The lowest BCUT2D eigenvalue weighted by Crippen LogP contribution is -2.17. The van der Waals surface area contributed by atoms with E-state index in [0.717, 1.165) is 47.6 Å². The zero-order valence-electron chi connectivity index (χ0n) is 14.1. The van der Waals surface area contributed by atoms with Crippen molar-refractivity contribution in [2.24, 2.45) is 0 Å². The minimum absolute atomic E-state index is 0.0204. The summed E-state index contributed by atoms with van der Waals surface area (Å²) in [7, 11) is 1.66. The maximum Gasteiger partial charge on any atom is 0.165 e. The van der Waals surface area contributed by atoms with Crippen molar-refractivity contribution in [1.82, 2.24) is 19.5 Å². The van der Waals surface area contributed by atoms with Crippen molar-refractivity contribution in [3.05, 3.63) is 48.2 Å². The van der Waals surface area contributed by atoms with Crippen molar-refractivity contribution >= 4 is 23.3 Å². The van der Waals surface area contributed by atoms with Crippen molar-refractivity contribution in [1.29, 1.82) is 0 Å². The molecule has 0 bridgehead atoms. The maximum absolute atomic E-state index is 5.85. The second kappa shape index (κ2) is 7.03. The number of imidazole rings is 1. The molecule has 4 rings (SSSR count). The van der Waals surface area contributed by atoms with Crippen LogP contribution in [-0.2, 0) is 4.74 Å². The van der Waals surface area contributed by atoms with Gasteiger partial charge >= 0.3 is 0 Å². The third-order valence-electron chi connectivity index (χ3n) is 4.40. The van der Waals surface area contributed by atoms with E-state index in [1.165, 1.54) is 6.42 Å². The topological polar surface area (TPSA) is 62.1 Å². The van der Waals surface area contributed by atoms with Gasteiger partial charge in [-0.2, -0.15) is 0 Å². The van der Waals surface area contributed by atoms with Crippen LogP contribution in [0.3, 0.4) is 0 Å². The summed E-state index contributed by atoms with van der Waals surface area (Å²) < 4.78 is 13.0. The third kappa shape index (κ3) is 3.25. The molecule has 0 radical (unpaired) electrons. The van der Waals surface area contributed by atoms with Gasteiger partial charge in [0.25, 0.3) is 0 Å². The van der Waals surface area contributed by atoms with Gasteiger partial charge in [-0.3, -0.25) is 4.57 Å². The van der Waals surface area contributed by atoms with Crippen molar-refractivity contribution in [3.63, 3.8) is 0 Å². The van der Waals surface area contributed by atoms with Gasteiger partial charge in [-0.15, -0.1) is 0 Å². The highest BCUT2D eigenvalue weighted by Crippen LogP contribution is 2.26. The number of methoxy groups -OCH3 is 1. The lowest BCUT2D eigenvalue weighted by Gasteiger charge is -2.23. The van der Waals surface area contributed by atoms with Crippen LogP contribution >= 0.6 is 0 Å². The van der Waals surface area contributed by atoms with Gasteiger partial charge in [0.05, 0.1) is 19.1 Å². The molecule has 1 fully saturated rings. The molecule has 0 aliphatic carbocycles. The van der Waals surface area contributed by atoms with Gasteiger partial charge in [-0.05, 0) is 43.0 Å². The molecule has 0 spiro atoms. The number of ether oxygens (including phenoxy) is 2. The molecule has 25 heavy (non-hydrogen) atoms. The summed E-state index contributed by atoms with van der Waals surface area (Å²) in [6, 6.07) is 7.87. The lowest BCUT2D eigenvalue weighted by molar-refractivity contribution is -0.0298. The van der Waals surface area contributed by atoms with Crippen molar-refractivity contribution in [3.8, 4) is 5.75 Å². The SMILES string of the molecule is COc1ccc(/C=C/c2ncnc3c2ncn3C2CCCCO2)cc1. The first-order valence-electron chi connectivity index (χ1n) is 8.46. The second-order valence-electron chi connectivity index (χ2n) is 6.01. The van der Waals surface area contributed by atoms with E-state index in [9.17, 15) is 0 Å². The Balaban J connectivity index is 1.63. The average molecular weight is 336 g/mol. The van der Waals surface area contributed by atoms with E-state index >= 15 is 0 Å². The molecular formula is C19H20N4O2. The smallest absolute Gasteiger partial charge is 0.165 e. The quantitative estimate of drug-likeness (QED) is 0.727. The molecule has 6 heteroatoms. The van der Waals surface area contributed by atoms with Crippen LogP contribution < -0.4 is 4.74 Å². The minimum atomic E-state index is 0.0204. The monoisotopic (exact) mass is 336 g/mol. The van der Waals surface area contributed by atoms with Crippen LogP contribution in [0, 0.1) is 0 Å². The number of hydrogen-bond donors (Lipinski definition) is 0. The molecule has 1 unspecified atom stereocenters. The Hall–Kier alpha value is -2.73. The zero-order chi connectivity index (χ0) is 17.1. The van der Waals surface area contributed by atoms with Crippen molar-refractivity contribution < 1.29 is 9.47 Å². The Bertz CT molecular complexity index is 880. The Morgan fingerprint density at radius 2 is 2.00 bits per heavy atom. The fraction of sp³-hybridized carbons (Fsp3) is 0.316. The van der Waals surface area contributed by atoms with E-state index in [1.54, 1.807) is 19.8 Å². The molecule has 3 heterocycles. The number of fused-ring (bicyclic) bond motifs is 1. The molecule has 1 aromatic carbocycles. The first kappa shape index (κ1) is 15.8. The lowest BCUT2D eigenvalue weighted by atomic mass is 10.2. The highest BCUT2D eigenvalue weighted by atomic mass is 16.5. The Morgan fingerprint density at radius 1 is 1.12 bits per heavy atom. The Morgan fingerprint density at radius 3 is 2.76 bits per heavy atom. The first-order chi connectivity index (χ1) is 12.3. The molecule has 1 aliphatic heterocycles. The number of benzene rings is 1. The molecule has 128 valence electrons. The molecule has 0 amide bonds. The van der Waals surface area contributed by atoms with Gasteiger partial charge in [-0.25, -0.2) is 15.0 Å². The summed E-state index contributed by atoms with van der Waals surface area (Å²) in [6.45, 7) is 0.791. The van der Waals surface area contributed by atoms with Crippen molar-refractivity contribution in [2.45, 2.75) is 25.5 Å². The number of aromatic nitrogens is 4. The van der Waals surface area contributed by atoms with E-state index in [0.29, 0.717) is 0 Å². The Labute approximate surface area is 146 Å². The van der Waals surface area contributed by atoms with Gasteiger partial charge < -0.3 is 9.47 Å². The van der Waals surface area contributed by atoms with Gasteiger partial charge in [0.15, 0.2) is 5.65 Å². The summed E-state index contributed by atoms with van der Waals surface area (Å²) in [6.07, 6.45) is 10.7. The van der Waals surface area contributed by atoms with E-state index in [4.69, 9.17) is 9.47 Å². The van der Waals surface area contributed by atoms with Crippen molar-refractivity contribution in [2.75, 3.05) is 13.7 Å². The maximum atomic E-state index is 5.85. The minimum Gasteiger partial charge on any atom is -0.497 e. The highest BCUT2D eigenvalue weighted by molar-refractivity contribution is 5.84. The van der Waals surface area contributed by atoms with Crippen LogP contribution in [0.2, 0.25) is 0 Å². The number of nitrogens with zero attached hydrogens (tertiary/aromatic N) is 4. The number of rotatable bonds is 4. The molecule has 1 atom stereocenters. The largest absolute Gasteiger partial charge is 0.497 e. The van der Waals surface area contributed by atoms with Crippen LogP contribution in [-0.4, -0.2) is 33.2 Å². The van der Waals surface area contributed by atoms with Crippen LogP contribution in [0.1, 0.15) is 36.7 Å². The normalized spacial score (nSPS) is 18.0. The fourth-order valence-corrected chi connectivity index (χ4v) is 3.04. The van der Waals surface area contributed by atoms with Gasteiger partial charge in [0.2, 0.25) is 0 Å². The van der Waals surface area contributed by atoms with Gasteiger partial charge in [0.1, 0.15) is 23.8 Å². The summed E-state index contributed by atoms with van der Waals surface area (Å²) in [5.41, 5.74) is 3.48. The molecular weight excluding hydrogens is 316 g/mol. The van der Waals surface area contributed by atoms with Gasteiger partial charge in [0, 0.05) is 6.61 Å². The molecule has 3 aromatic rings. The van der Waals surface area contributed by atoms with Crippen LogP contribution in [0.25, 0.3) is 23.3 Å². The van der Waals surface area contributed by atoms with Gasteiger partial charge in [-0.1, -0.05) is 18.2 Å². The third-order valence-corrected chi connectivity index (χ3v) is 4.40. The fourth-order valence-electron chi connectivity index (χ4n) is 3.04. The van der Waals surface area contributed by atoms with E-state index in [1.807, 2.05) is 41.0 Å². The van der Waals surface area contributed by atoms with E-state index in [-0.39, 0.29) is 6.23 Å². The van der Waals surface area contributed by atoms with E-state index < -0.39 is 0 Å². The summed E-state index contributed by atoms with van der Waals surface area (Å²) in [4.78, 5) is 13.3. The number of hydrogen-bond acceptors (Lipinski definition) is 5. The van der Waals surface area contributed by atoms with Crippen LogP contribution in [0.15, 0.2) is 36.9 Å². The molecule has 0 N–H and O–H groups in total. The molecule has 6 nitrogen and oxygen atoms in total. The zero-order valence-corrected chi connectivity index (χ0v) is 14.1. The predicted octanol–water partition coefficient (Wildman–Crippen LogP) is 3.70. The molecule has 2 aromatic heterocycles. The molecule has 0 saturated carbocycles. The Kier molecular flexibility index (Phi) is 4.43. The molecule has 1 saturated heterocycles. The highest BCUT2D eigenvalue weighted by Gasteiger charge is 2.19. The van der Waals surface area contributed by atoms with Crippen LogP contribution in [0.5, 0.6) is 5.75 Å². The van der Waals surface area contributed by atoms with Crippen LogP contribution in [0.4, 0.5) is 0 Å². The molecule has 1 aliphatic rings. The predicted molar refractivity (Wildman–Crippen MR) is 96.1 cm³/mol. The second-order valence-corrected chi connectivity index (χ2v) is 6.01. The standard InChI is InChI=1S/C19H20N4O2/c1-24-15-8-5-14(6-9-15)7-10-16-18-19(21-12-20-16)23(13-22-18)17-4-2-3-11-25-17/h5-10,12-13,17H,2-4,11H2,1H3/b10-7+. The van der Waals surface area contributed by atoms with E-state index in [2.05, 4.69) is 15.0 Å². The average Bonchev–Trinajstić information content (AvgIpc) is 3.12. The summed E-state index contributed by atoms with van der Waals surface area (Å²) in [5.74, 6) is 0.841.